The lowest BCUT2D eigenvalue weighted by Gasteiger charge is -2.14. The summed E-state index contributed by atoms with van der Waals surface area (Å²) in [4.78, 5) is 13.7. The number of likely N-dealkylation sites (tertiary alicyclic amines) is 1. The number of ether oxygens (including phenoxy) is 1. The second kappa shape index (κ2) is 7.45. The minimum atomic E-state index is -0.224. The number of esters is 1. The zero-order valence-electron chi connectivity index (χ0n) is 10.8. The molecule has 0 saturated carbocycles. The molecule has 1 saturated heterocycles. The molecular weight excluding hydrogens is 218 g/mol. The predicted octanol–water partition coefficient (Wildman–Crippen LogP) is 1.20. The summed E-state index contributed by atoms with van der Waals surface area (Å²) >= 11 is 0. The first-order valence-electron chi connectivity index (χ1n) is 6.31. The van der Waals surface area contributed by atoms with Gasteiger partial charge in [-0.05, 0) is 31.7 Å². The van der Waals surface area contributed by atoms with Crippen molar-refractivity contribution in [2.45, 2.75) is 26.2 Å². The van der Waals surface area contributed by atoms with Gasteiger partial charge in [0.05, 0.1) is 7.11 Å². The summed E-state index contributed by atoms with van der Waals surface area (Å²) in [6.07, 6.45) is 4.71. The van der Waals surface area contributed by atoms with Crippen LogP contribution in [0.4, 0.5) is 0 Å². The Hall–Kier alpha value is -0.870. The SMILES string of the molecule is CCC(=CCN1CCC(CCO)C1)C(=O)OC. The van der Waals surface area contributed by atoms with E-state index < -0.39 is 0 Å². The molecule has 0 aromatic heterocycles. The summed E-state index contributed by atoms with van der Waals surface area (Å²) in [5.74, 6) is 0.384. The summed E-state index contributed by atoms with van der Waals surface area (Å²) in [6.45, 7) is 5.12. The Morgan fingerprint density at radius 2 is 2.35 bits per heavy atom. The van der Waals surface area contributed by atoms with Crippen LogP contribution < -0.4 is 0 Å². The van der Waals surface area contributed by atoms with Gasteiger partial charge in [0.15, 0.2) is 0 Å². The number of carbonyl (C=O) groups is 1. The van der Waals surface area contributed by atoms with Gasteiger partial charge in [-0.25, -0.2) is 4.79 Å². The van der Waals surface area contributed by atoms with Crippen molar-refractivity contribution in [2.75, 3.05) is 33.4 Å². The van der Waals surface area contributed by atoms with Crippen molar-refractivity contribution < 1.29 is 14.6 Å². The molecule has 0 aromatic rings. The summed E-state index contributed by atoms with van der Waals surface area (Å²) in [7, 11) is 1.42. The molecule has 0 amide bonds. The highest BCUT2D eigenvalue weighted by molar-refractivity contribution is 5.88. The van der Waals surface area contributed by atoms with E-state index in [1.165, 1.54) is 7.11 Å². The monoisotopic (exact) mass is 241 g/mol. The number of aliphatic hydroxyl groups excluding tert-OH is 1. The van der Waals surface area contributed by atoms with Crippen molar-refractivity contribution in [2.24, 2.45) is 5.92 Å². The van der Waals surface area contributed by atoms with Crippen LogP contribution in [0.3, 0.4) is 0 Å². The van der Waals surface area contributed by atoms with Crippen LogP contribution in [0.2, 0.25) is 0 Å². The third-order valence-corrected chi connectivity index (χ3v) is 3.33. The highest BCUT2D eigenvalue weighted by atomic mass is 16.5. The zero-order valence-corrected chi connectivity index (χ0v) is 10.8. The number of hydrogen-bond donors (Lipinski definition) is 1. The van der Waals surface area contributed by atoms with Crippen molar-refractivity contribution in [1.29, 1.82) is 0 Å². The lowest BCUT2D eigenvalue weighted by atomic mass is 10.1. The normalized spacial score (nSPS) is 21.8. The molecule has 1 rings (SSSR count). The average molecular weight is 241 g/mol. The third kappa shape index (κ3) is 4.48. The predicted molar refractivity (Wildman–Crippen MR) is 66.6 cm³/mol. The fraction of sp³-hybridized carbons (Fsp3) is 0.769. The third-order valence-electron chi connectivity index (χ3n) is 3.33. The Labute approximate surface area is 103 Å². The van der Waals surface area contributed by atoms with E-state index in [1.807, 2.05) is 13.0 Å². The Kier molecular flexibility index (Phi) is 6.22. The van der Waals surface area contributed by atoms with Crippen molar-refractivity contribution in [3.8, 4) is 0 Å². The smallest absolute Gasteiger partial charge is 0.333 e. The average Bonchev–Trinajstić information content (AvgIpc) is 2.78. The zero-order chi connectivity index (χ0) is 12.7. The topological polar surface area (TPSA) is 49.8 Å². The van der Waals surface area contributed by atoms with Crippen LogP contribution in [0.5, 0.6) is 0 Å². The Morgan fingerprint density at radius 3 is 2.94 bits per heavy atom. The lowest BCUT2D eigenvalue weighted by molar-refractivity contribution is -0.136. The Bertz CT molecular complexity index is 276. The van der Waals surface area contributed by atoms with E-state index in [1.54, 1.807) is 0 Å². The maximum Gasteiger partial charge on any atom is 0.333 e. The number of rotatable bonds is 6. The summed E-state index contributed by atoms with van der Waals surface area (Å²) in [5, 5.41) is 8.88. The molecule has 1 aliphatic heterocycles. The Morgan fingerprint density at radius 1 is 1.59 bits per heavy atom. The van der Waals surface area contributed by atoms with Gasteiger partial charge in [-0.15, -0.1) is 0 Å². The molecule has 1 aliphatic rings. The van der Waals surface area contributed by atoms with Gasteiger partial charge in [0.25, 0.3) is 0 Å². The molecule has 0 radical (unpaired) electrons. The maximum absolute atomic E-state index is 11.4. The van der Waals surface area contributed by atoms with Crippen LogP contribution in [-0.2, 0) is 9.53 Å². The van der Waals surface area contributed by atoms with Crippen molar-refractivity contribution in [1.82, 2.24) is 4.90 Å². The molecule has 0 aliphatic carbocycles. The summed E-state index contributed by atoms with van der Waals surface area (Å²) in [5.41, 5.74) is 0.748. The molecule has 0 aromatic carbocycles. The van der Waals surface area contributed by atoms with E-state index in [0.29, 0.717) is 12.3 Å². The highest BCUT2D eigenvalue weighted by Gasteiger charge is 2.21. The van der Waals surface area contributed by atoms with Crippen LogP contribution in [0.1, 0.15) is 26.2 Å². The van der Waals surface area contributed by atoms with Gasteiger partial charge in [0, 0.05) is 25.3 Å². The quantitative estimate of drug-likeness (QED) is 0.561. The van der Waals surface area contributed by atoms with Gasteiger partial charge in [-0.1, -0.05) is 13.0 Å². The second-order valence-electron chi connectivity index (χ2n) is 4.50. The van der Waals surface area contributed by atoms with Crippen molar-refractivity contribution in [3.63, 3.8) is 0 Å². The molecule has 98 valence electrons. The van der Waals surface area contributed by atoms with E-state index in [-0.39, 0.29) is 12.6 Å². The number of carbonyl (C=O) groups excluding carboxylic acids is 1. The lowest BCUT2D eigenvalue weighted by Crippen LogP contribution is -2.21. The molecule has 1 fully saturated rings. The fourth-order valence-corrected chi connectivity index (χ4v) is 2.24. The summed E-state index contributed by atoms with van der Waals surface area (Å²) in [6, 6.07) is 0. The molecule has 1 N–H and O–H groups in total. The molecule has 4 nitrogen and oxygen atoms in total. The van der Waals surface area contributed by atoms with Gasteiger partial charge in [-0.3, -0.25) is 4.90 Å². The molecular formula is C13H23NO3. The molecule has 0 spiro atoms. The van der Waals surface area contributed by atoms with Gasteiger partial charge < -0.3 is 9.84 Å². The van der Waals surface area contributed by atoms with Gasteiger partial charge in [0.1, 0.15) is 0 Å². The summed E-state index contributed by atoms with van der Waals surface area (Å²) < 4.78 is 4.72. The van der Waals surface area contributed by atoms with Crippen molar-refractivity contribution in [3.05, 3.63) is 11.6 Å². The molecule has 17 heavy (non-hydrogen) atoms. The molecule has 0 bridgehead atoms. The molecule has 4 heteroatoms. The number of methoxy groups -OCH3 is 1. The maximum atomic E-state index is 11.4. The standard InChI is InChI=1S/C13H23NO3/c1-3-12(13(16)17-2)5-8-14-7-4-11(10-14)6-9-15/h5,11,15H,3-4,6-10H2,1-2H3. The first-order chi connectivity index (χ1) is 8.21. The van der Waals surface area contributed by atoms with Gasteiger partial charge in [-0.2, -0.15) is 0 Å². The number of hydrogen-bond acceptors (Lipinski definition) is 4. The van der Waals surface area contributed by atoms with E-state index in [0.717, 1.165) is 38.0 Å². The van der Waals surface area contributed by atoms with E-state index >= 15 is 0 Å². The molecule has 1 atom stereocenters. The van der Waals surface area contributed by atoms with E-state index in [9.17, 15) is 4.79 Å². The number of nitrogens with zero attached hydrogens (tertiary/aromatic N) is 1. The van der Waals surface area contributed by atoms with E-state index in [2.05, 4.69) is 4.90 Å². The van der Waals surface area contributed by atoms with Crippen LogP contribution in [0.25, 0.3) is 0 Å². The minimum absolute atomic E-state index is 0.224. The minimum Gasteiger partial charge on any atom is -0.466 e. The van der Waals surface area contributed by atoms with E-state index in [4.69, 9.17) is 9.84 Å². The molecule has 1 heterocycles. The van der Waals surface area contributed by atoms with Crippen LogP contribution >= 0.6 is 0 Å². The van der Waals surface area contributed by atoms with Gasteiger partial charge >= 0.3 is 5.97 Å². The Balaban J connectivity index is 2.39. The highest BCUT2D eigenvalue weighted by Crippen LogP contribution is 2.19. The van der Waals surface area contributed by atoms with Gasteiger partial charge in [0.2, 0.25) is 0 Å². The molecule has 1 unspecified atom stereocenters. The largest absolute Gasteiger partial charge is 0.466 e. The van der Waals surface area contributed by atoms with Crippen LogP contribution in [0, 0.1) is 5.92 Å². The first-order valence-corrected chi connectivity index (χ1v) is 6.31. The first kappa shape index (κ1) is 14.2. The van der Waals surface area contributed by atoms with Crippen molar-refractivity contribution >= 4 is 5.97 Å². The van der Waals surface area contributed by atoms with Crippen LogP contribution in [0.15, 0.2) is 11.6 Å². The fourth-order valence-electron chi connectivity index (χ4n) is 2.24. The van der Waals surface area contributed by atoms with Crippen LogP contribution in [-0.4, -0.2) is 49.3 Å². The number of aliphatic hydroxyl groups is 1. The second-order valence-corrected chi connectivity index (χ2v) is 4.50.